The fourth-order valence-corrected chi connectivity index (χ4v) is 3.10. The van der Waals surface area contributed by atoms with Crippen LogP contribution in [0.3, 0.4) is 0 Å². The summed E-state index contributed by atoms with van der Waals surface area (Å²) in [4.78, 5) is 57.7. The Morgan fingerprint density at radius 1 is 1.06 bits per heavy atom. The molecule has 190 valence electrons. The van der Waals surface area contributed by atoms with Gasteiger partial charge in [0.25, 0.3) is 0 Å². The Morgan fingerprint density at radius 3 is 2.27 bits per heavy atom. The van der Waals surface area contributed by atoms with Crippen LogP contribution in [0.1, 0.15) is 46.5 Å². The number of rotatable bonds is 16. The molecule has 2 amide bonds. The van der Waals surface area contributed by atoms with Crippen molar-refractivity contribution in [1.29, 1.82) is 0 Å². The summed E-state index contributed by atoms with van der Waals surface area (Å²) in [7, 11) is 0. The summed E-state index contributed by atoms with van der Waals surface area (Å²) in [6.07, 6.45) is -2.54. The molecule has 0 aliphatic heterocycles. The zero-order valence-corrected chi connectivity index (χ0v) is 20.0. The highest BCUT2D eigenvalue weighted by Crippen LogP contribution is 2.22. The number of aliphatic hydroxyl groups excluding tert-OH is 2. The molecule has 0 aromatic rings. The Bertz CT molecular complexity index is 686. The van der Waals surface area contributed by atoms with Crippen LogP contribution in [0.15, 0.2) is 0 Å². The summed E-state index contributed by atoms with van der Waals surface area (Å²) in [6.45, 7) is 4.47. The number of aliphatic carboxylic acids is 1. The minimum Gasteiger partial charge on any atom is -0.480 e. The smallest absolute Gasteiger partial charge is 0.320 e. The van der Waals surface area contributed by atoms with Gasteiger partial charge >= 0.3 is 11.9 Å². The lowest BCUT2D eigenvalue weighted by Gasteiger charge is -2.29. The van der Waals surface area contributed by atoms with Gasteiger partial charge in [-0.1, -0.05) is 25.6 Å². The molecule has 0 unspecified atom stereocenters. The predicted molar refractivity (Wildman–Crippen MR) is 120 cm³/mol. The number of aliphatic hydroxyl groups is 2. The first-order valence-corrected chi connectivity index (χ1v) is 11.4. The Hall–Kier alpha value is -2.22. The summed E-state index contributed by atoms with van der Waals surface area (Å²) in [5, 5.41) is 32.9. The van der Waals surface area contributed by atoms with E-state index < -0.39 is 41.5 Å². The quantitative estimate of drug-likeness (QED) is 0.111. The summed E-state index contributed by atoms with van der Waals surface area (Å²) < 4.78 is 5.01. The lowest BCUT2D eigenvalue weighted by molar-refractivity contribution is -0.153. The van der Waals surface area contributed by atoms with Gasteiger partial charge in [0.05, 0.1) is 12.7 Å². The van der Waals surface area contributed by atoms with E-state index in [9.17, 15) is 29.1 Å². The molecule has 0 saturated carbocycles. The van der Waals surface area contributed by atoms with Crippen molar-refractivity contribution in [2.75, 3.05) is 25.4 Å². The summed E-state index contributed by atoms with van der Waals surface area (Å²) in [5.41, 5.74) is 4.18. The molecule has 33 heavy (non-hydrogen) atoms. The van der Waals surface area contributed by atoms with Crippen LogP contribution in [0.25, 0.3) is 0 Å². The number of hydrogen-bond donors (Lipinski definition) is 6. The summed E-state index contributed by atoms with van der Waals surface area (Å²) in [6, 6.07) is -1.18. The molecular weight excluding hydrogens is 458 g/mol. The highest BCUT2D eigenvalue weighted by atomic mass is 32.2. The van der Waals surface area contributed by atoms with E-state index in [2.05, 4.69) is 10.6 Å². The summed E-state index contributed by atoms with van der Waals surface area (Å²) in [5.74, 6) is -2.66. The standard InChI is InChI=1S/C20H35N3O9S/c1-12(24)10-16(27)33-9-8-22-14(25)6-7-23-18(29)17(28)20(2,3)11-32-15(26)5-4-13(21)19(30)31/h12-13,17,24,28H,4-11,21H2,1-3H3,(H,22,25)(H,23,29)(H,30,31)/t12-,13+,17+/m1/s1. The van der Waals surface area contributed by atoms with Gasteiger partial charge in [-0.25, -0.2) is 0 Å². The number of amides is 2. The molecule has 0 spiro atoms. The number of thioether (sulfide) groups is 1. The minimum atomic E-state index is -1.52. The number of carboxylic acid groups (broad SMARTS) is 1. The van der Waals surface area contributed by atoms with Crippen LogP contribution in [0.5, 0.6) is 0 Å². The van der Waals surface area contributed by atoms with Crippen LogP contribution < -0.4 is 16.4 Å². The molecule has 7 N–H and O–H groups in total. The van der Waals surface area contributed by atoms with E-state index in [4.69, 9.17) is 20.7 Å². The van der Waals surface area contributed by atoms with Crippen molar-refractivity contribution in [1.82, 2.24) is 10.6 Å². The SMILES string of the molecule is C[C@@H](O)CC(=O)SCCNC(=O)CCNC(=O)[C@H](O)C(C)(C)COC(=O)CC[C@H](N)C(=O)O. The van der Waals surface area contributed by atoms with Crippen LogP contribution >= 0.6 is 11.8 Å². The first-order chi connectivity index (χ1) is 15.3. The van der Waals surface area contributed by atoms with Gasteiger partial charge in [0.1, 0.15) is 12.1 Å². The Balaban J connectivity index is 4.17. The molecule has 3 atom stereocenters. The number of esters is 1. The van der Waals surface area contributed by atoms with Gasteiger partial charge in [-0.15, -0.1) is 0 Å². The Labute approximate surface area is 197 Å². The van der Waals surface area contributed by atoms with Crippen LogP contribution in [-0.4, -0.2) is 87.9 Å². The highest BCUT2D eigenvalue weighted by Gasteiger charge is 2.35. The van der Waals surface area contributed by atoms with Gasteiger partial charge in [-0.2, -0.15) is 0 Å². The maximum absolute atomic E-state index is 12.2. The van der Waals surface area contributed by atoms with Gasteiger partial charge in [0, 0.05) is 43.5 Å². The number of carbonyl (C=O) groups excluding carboxylic acids is 4. The second-order valence-corrected chi connectivity index (χ2v) is 9.35. The maximum atomic E-state index is 12.2. The van der Waals surface area contributed by atoms with Crippen molar-refractivity contribution < 1.29 is 44.0 Å². The van der Waals surface area contributed by atoms with E-state index in [0.29, 0.717) is 5.75 Å². The second kappa shape index (κ2) is 15.6. The monoisotopic (exact) mass is 493 g/mol. The van der Waals surface area contributed by atoms with Crippen LogP contribution in [0.2, 0.25) is 0 Å². The normalized spacial score (nSPS) is 14.0. The molecule has 0 saturated heterocycles. The van der Waals surface area contributed by atoms with Crippen molar-refractivity contribution in [3.8, 4) is 0 Å². The number of nitrogens with two attached hydrogens (primary N) is 1. The third kappa shape index (κ3) is 14.5. The van der Waals surface area contributed by atoms with Gasteiger partial charge < -0.3 is 36.4 Å². The van der Waals surface area contributed by atoms with Crippen molar-refractivity contribution >= 4 is 40.6 Å². The average molecular weight is 494 g/mol. The Kier molecular flexibility index (Phi) is 14.5. The molecule has 0 radical (unpaired) electrons. The van der Waals surface area contributed by atoms with Gasteiger partial charge in [0.15, 0.2) is 5.12 Å². The van der Waals surface area contributed by atoms with Gasteiger partial charge in [-0.3, -0.25) is 24.0 Å². The fourth-order valence-electron chi connectivity index (χ4n) is 2.31. The van der Waals surface area contributed by atoms with Crippen LogP contribution in [0, 0.1) is 5.41 Å². The molecule has 13 heteroatoms. The second-order valence-electron chi connectivity index (χ2n) is 8.20. The lowest BCUT2D eigenvalue weighted by Crippen LogP contribution is -2.47. The zero-order valence-electron chi connectivity index (χ0n) is 19.2. The molecule has 0 heterocycles. The van der Waals surface area contributed by atoms with E-state index >= 15 is 0 Å². The zero-order chi connectivity index (χ0) is 25.6. The van der Waals surface area contributed by atoms with Crippen molar-refractivity contribution in [3.05, 3.63) is 0 Å². The molecule has 0 aliphatic rings. The molecule has 12 nitrogen and oxygen atoms in total. The average Bonchev–Trinajstić information content (AvgIpc) is 2.72. The van der Waals surface area contributed by atoms with Crippen molar-refractivity contribution in [2.24, 2.45) is 11.1 Å². The van der Waals surface area contributed by atoms with E-state index in [1.165, 1.54) is 20.8 Å². The van der Waals surface area contributed by atoms with Crippen LogP contribution in [-0.2, 0) is 28.7 Å². The largest absolute Gasteiger partial charge is 0.480 e. The molecule has 0 rings (SSSR count). The van der Waals surface area contributed by atoms with Gasteiger partial charge in [-0.05, 0) is 13.3 Å². The van der Waals surface area contributed by atoms with Crippen molar-refractivity contribution in [2.45, 2.75) is 64.7 Å². The fraction of sp³-hybridized carbons (Fsp3) is 0.750. The third-order valence-corrected chi connectivity index (χ3v) is 5.27. The minimum absolute atomic E-state index is 0.0290. The maximum Gasteiger partial charge on any atom is 0.320 e. The van der Waals surface area contributed by atoms with E-state index in [-0.39, 0.29) is 56.4 Å². The molecule has 0 aliphatic carbocycles. The first kappa shape index (κ1) is 30.8. The van der Waals surface area contributed by atoms with Crippen LogP contribution in [0.4, 0.5) is 0 Å². The molecule has 0 bridgehead atoms. The first-order valence-electron chi connectivity index (χ1n) is 10.5. The number of carboxylic acids is 1. The van der Waals surface area contributed by atoms with Crippen molar-refractivity contribution in [3.63, 3.8) is 0 Å². The number of nitrogens with one attached hydrogen (secondary N) is 2. The topological polar surface area (TPSA) is 205 Å². The predicted octanol–water partition coefficient (Wildman–Crippen LogP) is -1.24. The number of carbonyl (C=O) groups is 5. The van der Waals surface area contributed by atoms with E-state index in [0.717, 1.165) is 11.8 Å². The molecule has 0 aromatic heterocycles. The number of hydrogen-bond acceptors (Lipinski definition) is 10. The van der Waals surface area contributed by atoms with E-state index in [1.807, 2.05) is 0 Å². The lowest BCUT2D eigenvalue weighted by atomic mass is 9.87. The van der Waals surface area contributed by atoms with E-state index in [1.54, 1.807) is 0 Å². The highest BCUT2D eigenvalue weighted by molar-refractivity contribution is 8.13. The molecule has 0 aromatic carbocycles. The molecular formula is C20H35N3O9S. The van der Waals surface area contributed by atoms with Gasteiger partial charge in [0.2, 0.25) is 11.8 Å². The summed E-state index contributed by atoms with van der Waals surface area (Å²) >= 11 is 1.01. The molecule has 0 fully saturated rings. The Morgan fingerprint density at radius 2 is 1.70 bits per heavy atom. The third-order valence-electron chi connectivity index (χ3n) is 4.37. The number of ether oxygens (including phenoxy) is 1.